The lowest BCUT2D eigenvalue weighted by atomic mass is 10.0. The maximum absolute atomic E-state index is 13.6. The van der Waals surface area contributed by atoms with Gasteiger partial charge < -0.3 is 40.0 Å². The van der Waals surface area contributed by atoms with E-state index >= 15 is 0 Å². The van der Waals surface area contributed by atoms with Crippen molar-refractivity contribution in [2.75, 3.05) is 70.2 Å². The number of thiazole rings is 1. The summed E-state index contributed by atoms with van der Waals surface area (Å²) < 4.78 is 5.46. The topological polar surface area (TPSA) is 156 Å². The first-order valence-corrected chi connectivity index (χ1v) is 26.9. The number of likely N-dealkylation sites (N-methyl/N-ethyl adjacent to an activating group) is 1. The lowest BCUT2D eigenvalue weighted by Crippen LogP contribution is -2.47. The molecule has 8 heterocycles. The van der Waals surface area contributed by atoms with Gasteiger partial charge in [0, 0.05) is 105 Å². The number of rotatable bonds is 9. The van der Waals surface area contributed by atoms with Crippen molar-refractivity contribution in [2.45, 2.75) is 27.7 Å². The largest absolute Gasteiger partial charge is 0.378 e. The first-order chi connectivity index (χ1) is 36.4. The van der Waals surface area contributed by atoms with E-state index in [-0.39, 0.29) is 23.6 Å². The third-order valence-corrected chi connectivity index (χ3v) is 17.0. The van der Waals surface area contributed by atoms with Crippen molar-refractivity contribution in [1.29, 1.82) is 0 Å². The number of aryl methyl sites for hydroxylation is 2. The van der Waals surface area contributed by atoms with Crippen LogP contribution in [0, 0.1) is 27.7 Å². The van der Waals surface area contributed by atoms with Crippen LogP contribution in [0.15, 0.2) is 102 Å². The fourth-order valence-electron chi connectivity index (χ4n) is 10.8. The highest BCUT2D eigenvalue weighted by molar-refractivity contribution is 7.18. The molecular formula is C60H54N8O5S2. The summed E-state index contributed by atoms with van der Waals surface area (Å²) in [6, 6.07) is 33.3. The van der Waals surface area contributed by atoms with Crippen LogP contribution in [0.2, 0.25) is 0 Å². The monoisotopic (exact) mass is 1030 g/mol. The minimum Gasteiger partial charge on any atom is -0.378 e. The van der Waals surface area contributed by atoms with Crippen LogP contribution in [0.25, 0.3) is 77.1 Å². The van der Waals surface area contributed by atoms with Gasteiger partial charge in [-0.05, 0) is 111 Å². The van der Waals surface area contributed by atoms with Gasteiger partial charge in [-0.1, -0.05) is 66.7 Å². The van der Waals surface area contributed by atoms with Crippen LogP contribution in [0.1, 0.15) is 65.7 Å². The summed E-state index contributed by atoms with van der Waals surface area (Å²) >= 11 is 3.27. The standard InChI is InChI=1S/C60H54N8O5S2/c1-33-48(61-35(3)53(33)59(71)67-22-20-66(5)21-23-67)30-45-42-10-7-11-43(55(42)65-57(45)70)50-32-74-58(64-50)41-9-6-8-39(28-41)37-12-14-38(15-13-37)51-18-19-52(75-51)40-16-17-47-44(29-40)46(56(69)63-47)31-49-34(2)54(36(4)62-49)60(72)68-24-26-73-27-25-68/h6-19,28-32,61-62H,20-27H2,1-5H3,(H,63,69)(H,65,70)/b45-30-,46-31-. The lowest BCUT2D eigenvalue weighted by Gasteiger charge is -2.32. The predicted octanol–water partition coefficient (Wildman–Crippen LogP) is 11.3. The molecule has 4 aromatic carbocycles. The highest BCUT2D eigenvalue weighted by Gasteiger charge is 2.31. The number of amides is 4. The third-order valence-electron chi connectivity index (χ3n) is 15.0. The molecule has 376 valence electrons. The fourth-order valence-corrected chi connectivity index (χ4v) is 12.6. The van der Waals surface area contributed by atoms with Crippen molar-refractivity contribution in [3.05, 3.63) is 159 Å². The summed E-state index contributed by atoms with van der Waals surface area (Å²) in [5, 5.41) is 9.07. The van der Waals surface area contributed by atoms with Crippen LogP contribution >= 0.6 is 22.7 Å². The third kappa shape index (κ3) is 8.84. The van der Waals surface area contributed by atoms with Gasteiger partial charge in [-0.2, -0.15) is 0 Å². The molecule has 0 spiro atoms. The lowest BCUT2D eigenvalue weighted by molar-refractivity contribution is -0.111. The van der Waals surface area contributed by atoms with Crippen molar-refractivity contribution in [2.24, 2.45) is 0 Å². The zero-order valence-electron chi connectivity index (χ0n) is 42.3. The van der Waals surface area contributed by atoms with Crippen molar-refractivity contribution in [3.8, 4) is 53.8 Å². The van der Waals surface area contributed by atoms with Crippen molar-refractivity contribution in [1.82, 2.24) is 29.7 Å². The van der Waals surface area contributed by atoms with Crippen LogP contribution in [0.3, 0.4) is 0 Å². The number of carbonyl (C=O) groups excluding carboxylic acids is 4. The van der Waals surface area contributed by atoms with Gasteiger partial charge in [-0.15, -0.1) is 22.7 Å². The Balaban J connectivity index is 0.747. The molecule has 8 aromatic rings. The highest BCUT2D eigenvalue weighted by Crippen LogP contribution is 2.44. The number of H-pyrrole nitrogens is 2. The molecule has 4 amide bonds. The molecule has 12 rings (SSSR count). The van der Waals surface area contributed by atoms with Crippen LogP contribution in [0.5, 0.6) is 0 Å². The number of hydrogen-bond acceptors (Lipinski definition) is 9. The van der Waals surface area contributed by atoms with E-state index in [1.807, 2.05) is 85.4 Å². The maximum atomic E-state index is 13.6. The average molecular weight is 1030 g/mol. The normalized spacial score (nSPS) is 16.7. The Hall–Kier alpha value is -7.95. The second kappa shape index (κ2) is 19.4. The Kier molecular flexibility index (Phi) is 12.4. The van der Waals surface area contributed by atoms with E-state index in [2.05, 4.69) is 99.3 Å². The van der Waals surface area contributed by atoms with Crippen molar-refractivity contribution >= 4 is 81.0 Å². The number of nitrogens with one attached hydrogen (secondary N) is 4. The van der Waals surface area contributed by atoms with Crippen LogP contribution in [-0.4, -0.2) is 113 Å². The number of morpholine rings is 1. The van der Waals surface area contributed by atoms with E-state index in [1.54, 1.807) is 22.7 Å². The van der Waals surface area contributed by atoms with Crippen molar-refractivity contribution < 1.29 is 23.9 Å². The number of anilines is 2. The molecule has 4 aliphatic rings. The fraction of sp³-hybridized carbons (Fsp3) is 0.217. The number of aromatic nitrogens is 3. The first kappa shape index (κ1) is 48.0. The van der Waals surface area contributed by atoms with Gasteiger partial charge in [0.1, 0.15) is 5.01 Å². The highest BCUT2D eigenvalue weighted by atomic mass is 32.1. The van der Waals surface area contributed by atoms with Crippen LogP contribution in [-0.2, 0) is 14.3 Å². The second-order valence-corrected chi connectivity index (χ2v) is 21.6. The van der Waals surface area contributed by atoms with Gasteiger partial charge in [0.2, 0.25) is 0 Å². The molecule has 0 saturated carbocycles. The number of carbonyl (C=O) groups is 4. The molecule has 15 heteroatoms. The number of thiophene rings is 1. The van der Waals surface area contributed by atoms with Gasteiger partial charge in [0.15, 0.2) is 0 Å². The van der Waals surface area contributed by atoms with Gasteiger partial charge in [-0.3, -0.25) is 19.2 Å². The van der Waals surface area contributed by atoms with Crippen molar-refractivity contribution in [3.63, 3.8) is 0 Å². The maximum Gasteiger partial charge on any atom is 0.256 e. The molecule has 0 unspecified atom stereocenters. The summed E-state index contributed by atoms with van der Waals surface area (Å²) in [6.07, 6.45) is 3.73. The molecule has 2 saturated heterocycles. The van der Waals surface area contributed by atoms with E-state index in [4.69, 9.17) is 9.72 Å². The number of piperazine rings is 1. The predicted molar refractivity (Wildman–Crippen MR) is 301 cm³/mol. The smallest absolute Gasteiger partial charge is 0.256 e. The Morgan fingerprint density at radius 3 is 1.87 bits per heavy atom. The Labute approximate surface area is 442 Å². The second-order valence-electron chi connectivity index (χ2n) is 19.7. The number of aromatic amines is 2. The van der Waals surface area contributed by atoms with Crippen LogP contribution in [0.4, 0.5) is 11.4 Å². The molecular weight excluding hydrogens is 977 g/mol. The zero-order valence-corrected chi connectivity index (χ0v) is 43.9. The Bertz CT molecular complexity index is 3710. The number of benzene rings is 4. The summed E-state index contributed by atoms with van der Waals surface area (Å²) in [4.78, 5) is 74.2. The van der Waals surface area contributed by atoms with Crippen LogP contribution < -0.4 is 10.6 Å². The summed E-state index contributed by atoms with van der Waals surface area (Å²) in [7, 11) is 2.07. The molecule has 4 aromatic heterocycles. The van der Waals surface area contributed by atoms with E-state index in [0.717, 1.165) is 123 Å². The zero-order chi connectivity index (χ0) is 51.6. The molecule has 75 heavy (non-hydrogen) atoms. The SMILES string of the molecule is Cc1[nH]c(/C=C2\C(=O)Nc3ccc(-c4ccc(-c5ccc(-c6cccc(-c7nc(-c8cccc9c8NC(=O)/C9=C\c8[nH]c(C)c(C(=O)N9CCN(C)CC9)c8C)cs7)c6)cc5)s4)cc32)c(C)c1C(=O)N1CCOCC1. The average Bonchev–Trinajstić information content (AvgIpc) is 4.30. The van der Waals surface area contributed by atoms with E-state index in [0.29, 0.717) is 61.7 Å². The van der Waals surface area contributed by atoms with Gasteiger partial charge in [-0.25, -0.2) is 4.98 Å². The molecule has 4 N–H and O–H groups in total. The molecule has 2 fully saturated rings. The molecule has 0 atom stereocenters. The van der Waals surface area contributed by atoms with Gasteiger partial charge >= 0.3 is 0 Å². The summed E-state index contributed by atoms with van der Waals surface area (Å²) in [5.74, 6) is -0.371. The number of ether oxygens (including phenoxy) is 1. The van der Waals surface area contributed by atoms with Gasteiger partial charge in [0.25, 0.3) is 23.6 Å². The minimum atomic E-state index is -0.197. The number of hydrogen-bond donors (Lipinski definition) is 4. The Morgan fingerprint density at radius 2 is 1.17 bits per heavy atom. The molecule has 0 aliphatic carbocycles. The van der Waals surface area contributed by atoms with E-state index in [9.17, 15) is 19.2 Å². The number of nitrogens with zero attached hydrogens (tertiary/aromatic N) is 4. The Morgan fingerprint density at radius 1 is 0.600 bits per heavy atom. The minimum absolute atomic E-state index is 0.0202. The van der Waals surface area contributed by atoms with E-state index in [1.165, 1.54) is 0 Å². The number of fused-ring (bicyclic) bond motifs is 2. The summed E-state index contributed by atoms with van der Waals surface area (Å²) in [5.41, 5.74) is 17.1. The molecule has 4 aliphatic heterocycles. The summed E-state index contributed by atoms with van der Waals surface area (Å²) in [6.45, 7) is 13.0. The molecule has 0 radical (unpaired) electrons. The van der Waals surface area contributed by atoms with Gasteiger partial charge in [0.05, 0.1) is 46.9 Å². The molecule has 13 nitrogen and oxygen atoms in total. The number of para-hydroxylation sites is 1. The quantitative estimate of drug-likeness (QED) is 0.105. The molecule has 0 bridgehead atoms. The van der Waals surface area contributed by atoms with E-state index < -0.39 is 0 Å². The first-order valence-electron chi connectivity index (χ1n) is 25.2.